The average Bonchev–Trinajstić information content (AvgIpc) is 2.92. The Morgan fingerprint density at radius 3 is 2.83 bits per heavy atom. The molecule has 2 aliphatic rings. The predicted octanol–water partition coefficient (Wildman–Crippen LogP) is 1.71. The summed E-state index contributed by atoms with van der Waals surface area (Å²) in [4.78, 5) is 29.1. The lowest BCUT2D eigenvalue weighted by Gasteiger charge is -2.20. The van der Waals surface area contributed by atoms with Crippen molar-refractivity contribution in [2.75, 3.05) is 6.54 Å². The summed E-state index contributed by atoms with van der Waals surface area (Å²) in [5.74, 6) is -0.619. The van der Waals surface area contributed by atoms with Gasteiger partial charge < -0.3 is 10.0 Å². The van der Waals surface area contributed by atoms with E-state index in [9.17, 15) is 9.59 Å². The first-order chi connectivity index (χ1) is 8.66. The first-order valence-electron chi connectivity index (χ1n) is 6.16. The van der Waals surface area contributed by atoms with Crippen LogP contribution in [0.3, 0.4) is 0 Å². The lowest BCUT2D eigenvalue weighted by atomic mass is 10.2. The molecule has 1 saturated carbocycles. The van der Waals surface area contributed by atoms with E-state index in [0.29, 0.717) is 24.6 Å². The number of hydrogen-bond donors (Lipinski definition) is 1. The van der Waals surface area contributed by atoms with Crippen molar-refractivity contribution in [2.24, 2.45) is 0 Å². The van der Waals surface area contributed by atoms with Gasteiger partial charge in [-0.1, -0.05) is 0 Å². The topological polar surface area (TPSA) is 70.5 Å². The van der Waals surface area contributed by atoms with Gasteiger partial charge in [-0.25, -0.2) is 9.78 Å². The molecule has 0 spiro atoms. The highest BCUT2D eigenvalue weighted by Gasteiger charge is 2.36. The van der Waals surface area contributed by atoms with Gasteiger partial charge in [-0.2, -0.15) is 0 Å². The molecule has 0 radical (unpaired) electrons. The molecule has 0 aromatic carbocycles. The van der Waals surface area contributed by atoms with Crippen molar-refractivity contribution in [1.29, 1.82) is 0 Å². The van der Waals surface area contributed by atoms with Crippen LogP contribution >= 0.6 is 11.3 Å². The van der Waals surface area contributed by atoms with Crippen LogP contribution in [-0.2, 0) is 4.79 Å². The van der Waals surface area contributed by atoms with Crippen LogP contribution < -0.4 is 0 Å². The molecule has 96 valence electrons. The van der Waals surface area contributed by atoms with Crippen molar-refractivity contribution in [3.63, 3.8) is 0 Å². The highest BCUT2D eigenvalue weighted by Crippen LogP contribution is 2.41. The molecule has 1 aromatic heterocycles. The molecule has 1 aliphatic heterocycles. The monoisotopic (exact) mass is 266 g/mol. The summed E-state index contributed by atoms with van der Waals surface area (Å²) in [6.07, 6.45) is 3.61. The minimum absolute atomic E-state index is 0.233. The largest absolute Gasteiger partial charge is 0.480 e. The van der Waals surface area contributed by atoms with Crippen LogP contribution in [0.4, 0.5) is 0 Å². The third-order valence-corrected chi connectivity index (χ3v) is 4.47. The number of thiazole rings is 1. The number of amides is 1. The summed E-state index contributed by atoms with van der Waals surface area (Å²) in [5.41, 5.74) is 0.412. The normalized spacial score (nSPS) is 23.3. The Balaban J connectivity index is 1.78. The fraction of sp³-hybridized carbons (Fsp3) is 0.583. The maximum atomic E-state index is 12.2. The predicted molar refractivity (Wildman–Crippen MR) is 65.8 cm³/mol. The van der Waals surface area contributed by atoms with Gasteiger partial charge in [0, 0.05) is 17.8 Å². The standard InChI is InChI=1S/C12H14N2O3S/c15-11(14-5-1-2-9(14)12(16)17)8-6-18-10(13-8)7-3-4-7/h6-7,9H,1-5H2,(H,16,17)/t9-/m1/s1. The van der Waals surface area contributed by atoms with Gasteiger partial charge in [-0.3, -0.25) is 4.79 Å². The molecule has 0 bridgehead atoms. The van der Waals surface area contributed by atoms with Crippen LogP contribution in [0, 0.1) is 0 Å². The van der Waals surface area contributed by atoms with Crippen LogP contribution in [0.25, 0.3) is 0 Å². The summed E-state index contributed by atoms with van der Waals surface area (Å²) >= 11 is 1.51. The lowest BCUT2D eigenvalue weighted by molar-refractivity contribution is -0.141. The molecular weight excluding hydrogens is 252 g/mol. The van der Waals surface area contributed by atoms with Gasteiger partial charge in [-0.15, -0.1) is 11.3 Å². The SMILES string of the molecule is O=C(O)[C@H]1CCCN1C(=O)c1csc(C2CC2)n1. The number of carbonyl (C=O) groups excluding carboxylic acids is 1. The van der Waals surface area contributed by atoms with Crippen LogP contribution in [-0.4, -0.2) is 39.5 Å². The van der Waals surface area contributed by atoms with E-state index in [0.717, 1.165) is 24.3 Å². The van der Waals surface area contributed by atoms with Gasteiger partial charge in [0.2, 0.25) is 0 Å². The van der Waals surface area contributed by atoms with Crippen LogP contribution in [0.2, 0.25) is 0 Å². The Labute approximate surface area is 108 Å². The highest BCUT2D eigenvalue weighted by atomic mass is 32.1. The number of carboxylic acids is 1. The van der Waals surface area contributed by atoms with Crippen molar-refractivity contribution in [1.82, 2.24) is 9.88 Å². The Morgan fingerprint density at radius 1 is 1.39 bits per heavy atom. The second kappa shape index (κ2) is 4.35. The highest BCUT2D eigenvalue weighted by molar-refractivity contribution is 7.10. The molecule has 1 aromatic rings. The Bertz CT molecular complexity index is 495. The van der Waals surface area contributed by atoms with E-state index in [-0.39, 0.29) is 5.91 Å². The number of carbonyl (C=O) groups is 2. The fourth-order valence-corrected chi connectivity index (χ4v) is 3.28. The number of aromatic nitrogens is 1. The van der Waals surface area contributed by atoms with E-state index in [1.54, 1.807) is 5.38 Å². The third kappa shape index (κ3) is 2.01. The van der Waals surface area contributed by atoms with Gasteiger partial charge in [0.25, 0.3) is 5.91 Å². The number of aliphatic carboxylic acids is 1. The Kier molecular flexibility index (Phi) is 2.81. The van der Waals surface area contributed by atoms with Gasteiger partial charge in [0.1, 0.15) is 11.7 Å². The molecule has 18 heavy (non-hydrogen) atoms. The van der Waals surface area contributed by atoms with Crippen molar-refractivity contribution < 1.29 is 14.7 Å². The molecule has 1 N–H and O–H groups in total. The number of hydrogen-bond acceptors (Lipinski definition) is 4. The zero-order chi connectivity index (χ0) is 12.7. The van der Waals surface area contributed by atoms with Crippen molar-refractivity contribution in [3.8, 4) is 0 Å². The zero-order valence-corrected chi connectivity index (χ0v) is 10.7. The van der Waals surface area contributed by atoms with E-state index in [1.165, 1.54) is 16.2 Å². The van der Waals surface area contributed by atoms with Crippen molar-refractivity contribution in [3.05, 3.63) is 16.1 Å². The van der Waals surface area contributed by atoms with Gasteiger partial charge in [0.05, 0.1) is 5.01 Å². The average molecular weight is 266 g/mol. The third-order valence-electron chi connectivity index (χ3n) is 3.47. The fourth-order valence-electron chi connectivity index (χ4n) is 2.32. The zero-order valence-electron chi connectivity index (χ0n) is 9.83. The maximum absolute atomic E-state index is 12.2. The molecule has 6 heteroatoms. The molecule has 0 unspecified atom stereocenters. The minimum atomic E-state index is -0.918. The first-order valence-corrected chi connectivity index (χ1v) is 7.04. The second-order valence-corrected chi connectivity index (χ2v) is 5.73. The second-order valence-electron chi connectivity index (χ2n) is 4.84. The molecule has 1 amide bonds. The van der Waals surface area contributed by atoms with E-state index in [2.05, 4.69) is 4.98 Å². The van der Waals surface area contributed by atoms with E-state index in [4.69, 9.17) is 5.11 Å². The summed E-state index contributed by atoms with van der Waals surface area (Å²) in [6.45, 7) is 0.520. The summed E-state index contributed by atoms with van der Waals surface area (Å²) in [7, 11) is 0. The number of likely N-dealkylation sites (tertiary alicyclic amines) is 1. The van der Waals surface area contributed by atoms with E-state index in [1.807, 2.05) is 0 Å². The van der Waals surface area contributed by atoms with Crippen LogP contribution in [0.15, 0.2) is 5.38 Å². The smallest absolute Gasteiger partial charge is 0.326 e. The van der Waals surface area contributed by atoms with E-state index < -0.39 is 12.0 Å². The van der Waals surface area contributed by atoms with Gasteiger partial charge in [0.15, 0.2) is 0 Å². The summed E-state index contributed by atoms with van der Waals surface area (Å²) < 4.78 is 0. The van der Waals surface area contributed by atoms with Gasteiger partial charge >= 0.3 is 5.97 Å². The Hall–Kier alpha value is -1.43. The molecule has 3 rings (SSSR count). The molecule has 2 heterocycles. The number of carboxylic acid groups (broad SMARTS) is 1. The van der Waals surface area contributed by atoms with Crippen molar-refractivity contribution >= 4 is 23.2 Å². The van der Waals surface area contributed by atoms with Crippen molar-refractivity contribution in [2.45, 2.75) is 37.6 Å². The maximum Gasteiger partial charge on any atom is 0.326 e. The van der Waals surface area contributed by atoms with Crippen LogP contribution in [0.5, 0.6) is 0 Å². The van der Waals surface area contributed by atoms with E-state index >= 15 is 0 Å². The lowest BCUT2D eigenvalue weighted by Crippen LogP contribution is -2.40. The number of rotatable bonds is 3. The quantitative estimate of drug-likeness (QED) is 0.904. The number of nitrogens with zero attached hydrogens (tertiary/aromatic N) is 2. The first kappa shape index (κ1) is 11.6. The molecule has 5 nitrogen and oxygen atoms in total. The minimum Gasteiger partial charge on any atom is -0.480 e. The molecular formula is C12H14N2O3S. The summed E-state index contributed by atoms with van der Waals surface area (Å²) in [6, 6.07) is -0.677. The molecule has 1 saturated heterocycles. The van der Waals surface area contributed by atoms with Gasteiger partial charge in [-0.05, 0) is 25.7 Å². The molecule has 1 atom stereocenters. The summed E-state index contributed by atoms with van der Waals surface area (Å²) in [5, 5.41) is 11.8. The molecule has 2 fully saturated rings. The van der Waals surface area contributed by atoms with Crippen LogP contribution in [0.1, 0.15) is 47.1 Å². The Morgan fingerprint density at radius 2 is 2.17 bits per heavy atom. The molecule has 1 aliphatic carbocycles.